The molecule has 136 valence electrons. The molecule has 2 aromatic carbocycles. The summed E-state index contributed by atoms with van der Waals surface area (Å²) >= 11 is 5.99. The van der Waals surface area contributed by atoms with Crippen LogP contribution in [0.15, 0.2) is 42.5 Å². The molecule has 0 bridgehead atoms. The van der Waals surface area contributed by atoms with Crippen molar-refractivity contribution in [1.82, 2.24) is 5.32 Å². The molecule has 0 unspecified atom stereocenters. The third-order valence-electron chi connectivity index (χ3n) is 4.50. The number of carbonyl (C=O) groups excluding carboxylic acids is 1. The second-order valence-corrected chi connectivity index (χ2v) is 6.66. The number of hydrogen-bond donors (Lipinski definition) is 1. The van der Waals surface area contributed by atoms with Crippen LogP contribution in [0.1, 0.15) is 28.8 Å². The summed E-state index contributed by atoms with van der Waals surface area (Å²) in [5.41, 5.74) is 2.62. The molecule has 0 saturated heterocycles. The lowest BCUT2D eigenvalue weighted by molar-refractivity contribution is -0.384. The Morgan fingerprint density at radius 1 is 1.27 bits per heavy atom. The molecule has 0 fully saturated rings. The molecule has 0 aromatic heterocycles. The van der Waals surface area contributed by atoms with Crippen LogP contribution >= 0.6 is 11.6 Å². The number of rotatable bonds is 6. The van der Waals surface area contributed by atoms with Gasteiger partial charge in [0.1, 0.15) is 0 Å². The molecule has 3 rings (SSSR count). The molecule has 1 aliphatic heterocycles. The van der Waals surface area contributed by atoms with Crippen molar-refractivity contribution in [2.75, 3.05) is 24.5 Å². The SMILES string of the molecule is O=C(NCCCN1CCCc2ccccc21)c1cc([N+](=O)[O-])ccc1Cl. The second kappa shape index (κ2) is 8.19. The summed E-state index contributed by atoms with van der Waals surface area (Å²) < 4.78 is 0. The van der Waals surface area contributed by atoms with Crippen LogP contribution in [0.25, 0.3) is 0 Å². The molecule has 26 heavy (non-hydrogen) atoms. The number of nitrogens with zero attached hydrogens (tertiary/aromatic N) is 2. The number of amides is 1. The van der Waals surface area contributed by atoms with E-state index in [1.165, 1.54) is 29.4 Å². The summed E-state index contributed by atoms with van der Waals surface area (Å²) in [4.78, 5) is 24.9. The van der Waals surface area contributed by atoms with Crippen molar-refractivity contribution >= 4 is 28.9 Å². The van der Waals surface area contributed by atoms with E-state index in [1.54, 1.807) is 0 Å². The van der Waals surface area contributed by atoms with E-state index < -0.39 is 10.8 Å². The van der Waals surface area contributed by atoms with E-state index in [2.05, 4.69) is 28.4 Å². The average Bonchev–Trinajstić information content (AvgIpc) is 2.65. The molecule has 0 aliphatic carbocycles. The molecule has 2 aromatic rings. The fraction of sp³-hybridized carbons (Fsp3) is 0.316. The number of nitrogens with one attached hydrogen (secondary N) is 1. The van der Waals surface area contributed by atoms with Gasteiger partial charge in [0.25, 0.3) is 11.6 Å². The van der Waals surface area contributed by atoms with Crippen LogP contribution in [0.4, 0.5) is 11.4 Å². The van der Waals surface area contributed by atoms with E-state index in [0.29, 0.717) is 6.54 Å². The average molecular weight is 374 g/mol. The number of nitro groups is 1. The molecule has 7 heteroatoms. The minimum atomic E-state index is -0.541. The first kappa shape index (κ1) is 18.2. The predicted octanol–water partition coefficient (Wildman–Crippen LogP) is 3.82. The lowest BCUT2D eigenvalue weighted by atomic mass is 10.0. The van der Waals surface area contributed by atoms with Crippen molar-refractivity contribution < 1.29 is 9.72 Å². The van der Waals surface area contributed by atoms with Crippen LogP contribution < -0.4 is 10.2 Å². The van der Waals surface area contributed by atoms with Gasteiger partial charge in [-0.25, -0.2) is 0 Å². The maximum atomic E-state index is 12.3. The van der Waals surface area contributed by atoms with E-state index in [9.17, 15) is 14.9 Å². The normalized spacial score (nSPS) is 13.2. The highest BCUT2D eigenvalue weighted by Crippen LogP contribution is 2.26. The van der Waals surface area contributed by atoms with Gasteiger partial charge in [-0.2, -0.15) is 0 Å². The third-order valence-corrected chi connectivity index (χ3v) is 4.83. The monoisotopic (exact) mass is 373 g/mol. The van der Waals surface area contributed by atoms with Gasteiger partial charge in [-0.05, 0) is 37.0 Å². The lowest BCUT2D eigenvalue weighted by Gasteiger charge is -2.31. The Morgan fingerprint density at radius 3 is 2.88 bits per heavy atom. The van der Waals surface area contributed by atoms with Crippen LogP contribution in [0.2, 0.25) is 5.02 Å². The lowest BCUT2D eigenvalue weighted by Crippen LogP contribution is -2.33. The number of halogens is 1. The van der Waals surface area contributed by atoms with Crippen molar-refractivity contribution in [3.05, 3.63) is 68.7 Å². The van der Waals surface area contributed by atoms with Crippen molar-refractivity contribution in [3.8, 4) is 0 Å². The van der Waals surface area contributed by atoms with Crippen LogP contribution in [-0.4, -0.2) is 30.5 Å². The Labute approximate surface area is 156 Å². The molecule has 1 aliphatic rings. The van der Waals surface area contributed by atoms with Gasteiger partial charge in [0.2, 0.25) is 0 Å². The van der Waals surface area contributed by atoms with Gasteiger partial charge in [0.15, 0.2) is 0 Å². The summed E-state index contributed by atoms with van der Waals surface area (Å²) in [6.07, 6.45) is 3.02. The van der Waals surface area contributed by atoms with Gasteiger partial charge in [0, 0.05) is 37.5 Å². The molecule has 1 N–H and O–H groups in total. The quantitative estimate of drug-likeness (QED) is 0.474. The van der Waals surface area contributed by atoms with Crippen LogP contribution in [0.5, 0.6) is 0 Å². The summed E-state index contributed by atoms with van der Waals surface area (Å²) in [5.74, 6) is -0.391. The fourth-order valence-corrected chi connectivity index (χ4v) is 3.42. The Balaban J connectivity index is 1.54. The number of nitro benzene ring substituents is 1. The molecule has 0 spiro atoms. The topological polar surface area (TPSA) is 75.5 Å². The van der Waals surface area contributed by atoms with Crippen molar-refractivity contribution in [2.24, 2.45) is 0 Å². The number of para-hydroxylation sites is 1. The van der Waals surface area contributed by atoms with Gasteiger partial charge >= 0.3 is 0 Å². The maximum Gasteiger partial charge on any atom is 0.270 e. The minimum Gasteiger partial charge on any atom is -0.371 e. The van der Waals surface area contributed by atoms with E-state index in [4.69, 9.17) is 11.6 Å². The highest BCUT2D eigenvalue weighted by molar-refractivity contribution is 6.33. The molecule has 0 atom stereocenters. The highest BCUT2D eigenvalue weighted by atomic mass is 35.5. The first-order valence-electron chi connectivity index (χ1n) is 8.61. The second-order valence-electron chi connectivity index (χ2n) is 6.25. The Bertz CT molecular complexity index is 825. The standard InChI is InChI=1S/C19H20ClN3O3/c20-17-9-8-15(23(25)26)13-16(17)19(24)21-10-4-12-22-11-3-6-14-5-1-2-7-18(14)22/h1-2,5,7-9,13H,3-4,6,10-12H2,(H,21,24). The zero-order valence-corrected chi connectivity index (χ0v) is 15.0. The molecular formula is C19H20ClN3O3. The van der Waals surface area contributed by atoms with Gasteiger partial charge in [-0.15, -0.1) is 0 Å². The number of aryl methyl sites for hydroxylation is 1. The Kier molecular flexibility index (Phi) is 5.73. The number of anilines is 1. The summed E-state index contributed by atoms with van der Waals surface area (Å²) in [7, 11) is 0. The number of non-ortho nitro benzene ring substituents is 1. The van der Waals surface area contributed by atoms with Crippen LogP contribution in [0.3, 0.4) is 0 Å². The fourth-order valence-electron chi connectivity index (χ4n) is 3.21. The molecule has 1 heterocycles. The zero-order valence-electron chi connectivity index (χ0n) is 14.3. The van der Waals surface area contributed by atoms with E-state index in [0.717, 1.165) is 32.4 Å². The predicted molar refractivity (Wildman–Crippen MR) is 102 cm³/mol. The zero-order chi connectivity index (χ0) is 18.5. The number of carbonyl (C=O) groups is 1. The molecule has 1 amide bonds. The van der Waals surface area contributed by atoms with E-state index >= 15 is 0 Å². The third kappa shape index (κ3) is 4.14. The Hall–Kier alpha value is -2.60. The minimum absolute atomic E-state index is 0.129. The molecule has 0 radical (unpaired) electrons. The maximum absolute atomic E-state index is 12.3. The van der Waals surface area contributed by atoms with Gasteiger partial charge in [-0.3, -0.25) is 14.9 Å². The molecule has 0 saturated carbocycles. The van der Waals surface area contributed by atoms with Crippen molar-refractivity contribution in [2.45, 2.75) is 19.3 Å². The van der Waals surface area contributed by atoms with Gasteiger partial charge in [0.05, 0.1) is 15.5 Å². The Morgan fingerprint density at radius 2 is 2.08 bits per heavy atom. The van der Waals surface area contributed by atoms with Gasteiger partial charge in [-0.1, -0.05) is 29.8 Å². The largest absolute Gasteiger partial charge is 0.371 e. The smallest absolute Gasteiger partial charge is 0.270 e. The van der Waals surface area contributed by atoms with Crippen LogP contribution in [0, 0.1) is 10.1 Å². The summed E-state index contributed by atoms with van der Waals surface area (Å²) in [6, 6.07) is 12.3. The van der Waals surface area contributed by atoms with Crippen molar-refractivity contribution in [1.29, 1.82) is 0 Å². The molecular weight excluding hydrogens is 354 g/mol. The summed E-state index contributed by atoms with van der Waals surface area (Å²) in [6.45, 7) is 2.35. The first-order chi connectivity index (χ1) is 12.6. The van der Waals surface area contributed by atoms with Gasteiger partial charge < -0.3 is 10.2 Å². The van der Waals surface area contributed by atoms with Crippen molar-refractivity contribution in [3.63, 3.8) is 0 Å². The number of hydrogen-bond acceptors (Lipinski definition) is 4. The van der Waals surface area contributed by atoms with E-state index in [1.807, 2.05) is 6.07 Å². The number of benzene rings is 2. The summed E-state index contributed by atoms with van der Waals surface area (Å²) in [5, 5.41) is 13.9. The first-order valence-corrected chi connectivity index (χ1v) is 8.99. The van der Waals surface area contributed by atoms with E-state index in [-0.39, 0.29) is 16.3 Å². The van der Waals surface area contributed by atoms with Crippen LogP contribution in [-0.2, 0) is 6.42 Å². The number of fused-ring (bicyclic) bond motifs is 1. The molecule has 6 nitrogen and oxygen atoms in total. The highest BCUT2D eigenvalue weighted by Gasteiger charge is 2.17.